The number of benzene rings is 1. The summed E-state index contributed by atoms with van der Waals surface area (Å²) in [5.41, 5.74) is 4.52. The van der Waals surface area contributed by atoms with E-state index < -0.39 is 0 Å². The van der Waals surface area contributed by atoms with Gasteiger partial charge in [-0.15, -0.1) is 11.3 Å². The minimum absolute atomic E-state index is 0.0326. The van der Waals surface area contributed by atoms with Crippen molar-refractivity contribution in [3.63, 3.8) is 0 Å². The highest BCUT2D eigenvalue weighted by molar-refractivity contribution is 7.17. The topological polar surface area (TPSA) is 46.2 Å². The first-order chi connectivity index (χ1) is 11.6. The van der Waals surface area contributed by atoms with Crippen molar-refractivity contribution in [2.24, 2.45) is 0 Å². The number of fused-ring (bicyclic) bond motifs is 1. The van der Waals surface area contributed by atoms with Gasteiger partial charge in [0.05, 0.1) is 0 Å². The van der Waals surface area contributed by atoms with E-state index in [2.05, 4.69) is 22.8 Å². The van der Waals surface area contributed by atoms with Gasteiger partial charge in [-0.2, -0.15) is 0 Å². The summed E-state index contributed by atoms with van der Waals surface area (Å²) in [6.07, 6.45) is 2.33. The van der Waals surface area contributed by atoms with E-state index in [1.807, 2.05) is 19.1 Å². The van der Waals surface area contributed by atoms with E-state index in [-0.39, 0.29) is 17.5 Å². The molecule has 0 bridgehead atoms. The van der Waals surface area contributed by atoms with Crippen LogP contribution in [0, 0.1) is 0 Å². The lowest BCUT2D eigenvalue weighted by Gasteiger charge is -2.34. The summed E-state index contributed by atoms with van der Waals surface area (Å²) in [5.74, 6) is -0.0248. The van der Waals surface area contributed by atoms with Crippen molar-refractivity contribution in [2.45, 2.75) is 39.0 Å². The van der Waals surface area contributed by atoms with Gasteiger partial charge in [-0.25, -0.2) is 0 Å². The van der Waals surface area contributed by atoms with Crippen molar-refractivity contribution >= 4 is 33.0 Å². The quantitative estimate of drug-likeness (QED) is 0.880. The number of dihydropyridines is 1. The van der Waals surface area contributed by atoms with E-state index in [1.54, 1.807) is 18.3 Å². The second-order valence-electron chi connectivity index (χ2n) is 6.51. The first-order valence-electron chi connectivity index (χ1n) is 8.29. The van der Waals surface area contributed by atoms with Crippen LogP contribution < -0.4 is 5.32 Å². The van der Waals surface area contributed by atoms with Crippen LogP contribution in [0.25, 0.3) is 10.1 Å². The third kappa shape index (κ3) is 2.25. The highest BCUT2D eigenvalue weighted by atomic mass is 32.1. The largest absolute Gasteiger partial charge is 0.362 e. The van der Waals surface area contributed by atoms with Gasteiger partial charge >= 0.3 is 0 Å². The van der Waals surface area contributed by atoms with Crippen molar-refractivity contribution in [3.05, 3.63) is 57.7 Å². The van der Waals surface area contributed by atoms with Gasteiger partial charge in [-0.3, -0.25) is 9.59 Å². The molecule has 0 fully saturated rings. The van der Waals surface area contributed by atoms with Crippen molar-refractivity contribution in [3.8, 4) is 0 Å². The van der Waals surface area contributed by atoms with E-state index >= 15 is 0 Å². The average Bonchev–Trinajstić information content (AvgIpc) is 2.97. The van der Waals surface area contributed by atoms with Crippen LogP contribution in [-0.2, 0) is 9.59 Å². The SMILES string of the molecule is CC(=O)C1=C(C)NC2=C(C(=O)CCC2)C1c1csc2ccccc12. The second-order valence-corrected chi connectivity index (χ2v) is 7.42. The number of Topliss-reactive ketones (excluding diaryl/α,β-unsaturated/α-hetero) is 2. The van der Waals surface area contributed by atoms with Gasteiger partial charge in [0.2, 0.25) is 0 Å². The monoisotopic (exact) mass is 337 g/mol. The number of carbonyl (C=O) groups is 2. The molecule has 1 aromatic heterocycles. The van der Waals surface area contributed by atoms with Crippen molar-refractivity contribution in [2.75, 3.05) is 0 Å². The molecule has 2 aliphatic rings. The highest BCUT2D eigenvalue weighted by Gasteiger charge is 2.38. The fourth-order valence-corrected chi connectivity index (χ4v) is 4.97. The molecule has 4 heteroatoms. The highest BCUT2D eigenvalue weighted by Crippen LogP contribution is 2.45. The molecule has 1 atom stereocenters. The van der Waals surface area contributed by atoms with Crippen LogP contribution in [0.3, 0.4) is 0 Å². The Hall–Kier alpha value is -2.20. The first kappa shape index (κ1) is 15.3. The molecule has 4 rings (SSSR count). The standard InChI is InChI=1S/C20H19NO2S/c1-11-18(12(2)22)19(20-15(21-11)7-5-8-16(20)23)14-10-24-17-9-4-3-6-13(14)17/h3-4,6,9-10,19,21H,5,7-8H2,1-2H3. The molecule has 3 nitrogen and oxygen atoms in total. The Morgan fingerprint density at radius 2 is 2.04 bits per heavy atom. The maximum atomic E-state index is 12.7. The molecule has 1 aromatic carbocycles. The number of hydrogen-bond acceptors (Lipinski definition) is 4. The van der Waals surface area contributed by atoms with E-state index in [9.17, 15) is 9.59 Å². The van der Waals surface area contributed by atoms with E-state index in [0.29, 0.717) is 6.42 Å². The van der Waals surface area contributed by atoms with Crippen LogP contribution in [0.1, 0.15) is 44.6 Å². The molecule has 1 N–H and O–H groups in total. The summed E-state index contributed by atoms with van der Waals surface area (Å²) in [7, 11) is 0. The fourth-order valence-electron chi connectivity index (χ4n) is 3.98. The van der Waals surface area contributed by atoms with Crippen LogP contribution >= 0.6 is 11.3 Å². The van der Waals surface area contributed by atoms with Crippen molar-refractivity contribution in [1.82, 2.24) is 5.32 Å². The molecular weight excluding hydrogens is 318 g/mol. The fraction of sp³-hybridized carbons (Fsp3) is 0.300. The van der Waals surface area contributed by atoms with Gasteiger partial charge in [0.25, 0.3) is 0 Å². The lowest BCUT2D eigenvalue weighted by atomic mass is 9.74. The summed E-state index contributed by atoms with van der Waals surface area (Å²) < 4.78 is 1.19. The minimum Gasteiger partial charge on any atom is -0.362 e. The van der Waals surface area contributed by atoms with Crippen LogP contribution in [0.15, 0.2) is 52.2 Å². The molecule has 1 aliphatic heterocycles. The molecule has 0 amide bonds. The van der Waals surface area contributed by atoms with Crippen LogP contribution in [0.4, 0.5) is 0 Å². The number of nitrogens with one attached hydrogen (secondary N) is 1. The molecule has 0 spiro atoms. The van der Waals surface area contributed by atoms with Gasteiger partial charge in [0.1, 0.15) is 0 Å². The Labute approximate surface area is 145 Å². The number of ketones is 2. The number of allylic oxidation sites excluding steroid dienone is 4. The Bertz CT molecular complexity index is 932. The van der Waals surface area contributed by atoms with E-state index in [1.165, 1.54) is 4.70 Å². The second kappa shape index (κ2) is 5.71. The molecule has 2 heterocycles. The zero-order valence-corrected chi connectivity index (χ0v) is 14.6. The third-order valence-electron chi connectivity index (χ3n) is 4.98. The first-order valence-corrected chi connectivity index (χ1v) is 9.17. The predicted octanol–water partition coefficient (Wildman–Crippen LogP) is 4.46. The molecular formula is C20H19NO2S. The molecule has 122 valence electrons. The maximum Gasteiger partial charge on any atom is 0.161 e. The van der Waals surface area contributed by atoms with Gasteiger partial charge in [0.15, 0.2) is 11.6 Å². The Kier molecular flexibility index (Phi) is 3.65. The van der Waals surface area contributed by atoms with Crippen LogP contribution in [-0.4, -0.2) is 11.6 Å². The Balaban J connectivity index is 1.99. The predicted molar refractivity (Wildman–Crippen MR) is 97.0 cm³/mol. The van der Waals surface area contributed by atoms with Gasteiger partial charge in [-0.1, -0.05) is 18.2 Å². The van der Waals surface area contributed by atoms with Gasteiger partial charge < -0.3 is 5.32 Å². The molecule has 2 aromatic rings. The van der Waals surface area contributed by atoms with Gasteiger partial charge in [0, 0.05) is 39.6 Å². The van der Waals surface area contributed by atoms with Crippen LogP contribution in [0.2, 0.25) is 0 Å². The summed E-state index contributed by atoms with van der Waals surface area (Å²) in [5, 5.41) is 6.60. The maximum absolute atomic E-state index is 12.7. The molecule has 0 saturated heterocycles. The van der Waals surface area contributed by atoms with Crippen LogP contribution in [0.5, 0.6) is 0 Å². The number of rotatable bonds is 2. The van der Waals surface area contributed by atoms with E-state index in [0.717, 1.165) is 46.3 Å². The zero-order chi connectivity index (χ0) is 16.8. The summed E-state index contributed by atoms with van der Waals surface area (Å²) in [4.78, 5) is 25.1. The van der Waals surface area contributed by atoms with Gasteiger partial charge in [-0.05, 0) is 49.1 Å². The number of thiophene rings is 1. The number of carbonyl (C=O) groups excluding carboxylic acids is 2. The molecule has 1 unspecified atom stereocenters. The molecule has 0 radical (unpaired) electrons. The summed E-state index contributed by atoms with van der Waals surface area (Å²) in [6.45, 7) is 3.54. The zero-order valence-electron chi connectivity index (χ0n) is 13.8. The van der Waals surface area contributed by atoms with Crippen molar-refractivity contribution in [1.29, 1.82) is 0 Å². The summed E-state index contributed by atoms with van der Waals surface area (Å²) in [6, 6.07) is 8.21. The average molecular weight is 337 g/mol. The van der Waals surface area contributed by atoms with Crippen molar-refractivity contribution < 1.29 is 9.59 Å². The summed E-state index contributed by atoms with van der Waals surface area (Å²) >= 11 is 1.67. The molecule has 1 aliphatic carbocycles. The molecule has 0 saturated carbocycles. The van der Waals surface area contributed by atoms with E-state index in [4.69, 9.17) is 0 Å². The minimum atomic E-state index is -0.234. The lowest BCUT2D eigenvalue weighted by Crippen LogP contribution is -2.33. The third-order valence-corrected chi connectivity index (χ3v) is 5.96. The smallest absolute Gasteiger partial charge is 0.161 e. The number of hydrogen-bond donors (Lipinski definition) is 1. The molecule has 24 heavy (non-hydrogen) atoms. The normalized spacial score (nSPS) is 21.1. The Morgan fingerprint density at radius 1 is 1.25 bits per heavy atom. The lowest BCUT2D eigenvalue weighted by molar-refractivity contribution is -0.116. The Morgan fingerprint density at radius 3 is 2.83 bits per heavy atom.